The van der Waals surface area contributed by atoms with Crippen LogP contribution in [0.1, 0.15) is 13.3 Å². The molecule has 1 rings (SSSR count). The number of aliphatic hydroxyl groups is 1. The van der Waals surface area contributed by atoms with Gasteiger partial charge in [-0.1, -0.05) is 0 Å². The van der Waals surface area contributed by atoms with Crippen LogP contribution in [0.5, 0.6) is 0 Å². The van der Waals surface area contributed by atoms with Crippen LogP contribution in [-0.4, -0.2) is 37.9 Å². The Balaban J connectivity index is 0.000000236. The predicted octanol–water partition coefficient (Wildman–Crippen LogP) is -0.432. The molecular formula is C7H18N2O. The summed E-state index contributed by atoms with van der Waals surface area (Å²) in [4.78, 5) is 0. The first-order chi connectivity index (χ1) is 4.91. The molecule has 1 aliphatic heterocycles. The Morgan fingerprint density at radius 1 is 1.10 bits per heavy atom. The molecule has 0 aromatic carbocycles. The van der Waals surface area contributed by atoms with Crippen molar-refractivity contribution in [2.75, 3.05) is 32.8 Å². The first-order valence-electron chi connectivity index (χ1n) is 3.94. The monoisotopic (exact) mass is 146 g/mol. The summed E-state index contributed by atoms with van der Waals surface area (Å²) in [6.07, 6.45) is 1.28. The second-order valence-corrected chi connectivity index (χ2v) is 2.17. The van der Waals surface area contributed by atoms with Gasteiger partial charge in [0, 0.05) is 19.7 Å². The van der Waals surface area contributed by atoms with Crippen LogP contribution in [0.4, 0.5) is 0 Å². The van der Waals surface area contributed by atoms with E-state index < -0.39 is 0 Å². The van der Waals surface area contributed by atoms with Gasteiger partial charge in [-0.15, -0.1) is 0 Å². The molecule has 0 unspecified atom stereocenters. The number of nitrogens with one attached hydrogen (secondary N) is 2. The molecule has 0 saturated carbocycles. The van der Waals surface area contributed by atoms with Gasteiger partial charge in [0.05, 0.1) is 0 Å². The van der Waals surface area contributed by atoms with Gasteiger partial charge in [-0.2, -0.15) is 0 Å². The smallest absolute Gasteiger partial charge is 0.0402 e. The molecule has 1 heterocycles. The van der Waals surface area contributed by atoms with E-state index in [0.29, 0.717) is 0 Å². The number of hydrogen-bond donors (Lipinski definition) is 3. The van der Waals surface area contributed by atoms with Crippen LogP contribution in [0.2, 0.25) is 0 Å². The van der Waals surface area contributed by atoms with Crippen molar-refractivity contribution in [3.05, 3.63) is 0 Å². The summed E-state index contributed by atoms with van der Waals surface area (Å²) in [5.41, 5.74) is 0. The van der Waals surface area contributed by atoms with Gasteiger partial charge in [0.2, 0.25) is 0 Å². The molecule has 0 bridgehead atoms. The summed E-state index contributed by atoms with van der Waals surface area (Å²) >= 11 is 0. The maximum absolute atomic E-state index is 7.57. The highest BCUT2D eigenvalue weighted by Gasteiger charge is 1.92. The number of hydrogen-bond acceptors (Lipinski definition) is 3. The van der Waals surface area contributed by atoms with Crippen LogP contribution in [0.3, 0.4) is 0 Å². The highest BCUT2D eigenvalue weighted by molar-refractivity contribution is 4.57. The van der Waals surface area contributed by atoms with E-state index in [0.717, 1.165) is 13.1 Å². The molecular weight excluding hydrogens is 128 g/mol. The van der Waals surface area contributed by atoms with Crippen molar-refractivity contribution >= 4 is 0 Å². The van der Waals surface area contributed by atoms with Crippen molar-refractivity contribution < 1.29 is 5.11 Å². The van der Waals surface area contributed by atoms with Crippen LogP contribution >= 0.6 is 0 Å². The van der Waals surface area contributed by atoms with Gasteiger partial charge >= 0.3 is 0 Å². The Morgan fingerprint density at radius 2 is 1.50 bits per heavy atom. The van der Waals surface area contributed by atoms with Crippen molar-refractivity contribution in [2.24, 2.45) is 0 Å². The molecule has 1 fully saturated rings. The summed E-state index contributed by atoms with van der Waals surface area (Å²) in [5.74, 6) is 0. The average Bonchev–Trinajstić information content (AvgIpc) is 2.17. The normalized spacial score (nSPS) is 18.6. The van der Waals surface area contributed by atoms with E-state index in [-0.39, 0.29) is 6.61 Å². The first kappa shape index (κ1) is 9.88. The van der Waals surface area contributed by atoms with Crippen LogP contribution in [0, 0.1) is 0 Å². The highest BCUT2D eigenvalue weighted by Crippen LogP contribution is 1.75. The molecule has 0 radical (unpaired) electrons. The molecule has 0 aromatic heterocycles. The lowest BCUT2D eigenvalue weighted by atomic mass is 10.4. The van der Waals surface area contributed by atoms with Crippen molar-refractivity contribution in [3.63, 3.8) is 0 Å². The predicted molar refractivity (Wildman–Crippen MR) is 43.1 cm³/mol. The third-order valence-electron chi connectivity index (χ3n) is 1.19. The molecule has 0 aliphatic carbocycles. The minimum atomic E-state index is 0.250. The summed E-state index contributed by atoms with van der Waals surface area (Å²) in [6.45, 7) is 6.58. The fourth-order valence-corrected chi connectivity index (χ4v) is 0.765. The van der Waals surface area contributed by atoms with E-state index in [9.17, 15) is 0 Å². The summed E-state index contributed by atoms with van der Waals surface area (Å²) in [7, 11) is 0. The van der Waals surface area contributed by atoms with Crippen molar-refractivity contribution in [1.29, 1.82) is 0 Å². The van der Waals surface area contributed by atoms with Crippen LogP contribution in [0.15, 0.2) is 0 Å². The van der Waals surface area contributed by atoms with Crippen molar-refractivity contribution in [3.8, 4) is 0 Å². The van der Waals surface area contributed by atoms with Gasteiger partial charge in [-0.25, -0.2) is 0 Å². The second kappa shape index (κ2) is 8.88. The SMILES string of the molecule is C1CNCCNC1.CCO. The van der Waals surface area contributed by atoms with E-state index in [4.69, 9.17) is 5.11 Å². The third kappa shape index (κ3) is 7.88. The Kier molecular flexibility index (Phi) is 8.77. The van der Waals surface area contributed by atoms with Crippen molar-refractivity contribution in [2.45, 2.75) is 13.3 Å². The maximum atomic E-state index is 7.57. The van der Waals surface area contributed by atoms with Crippen LogP contribution in [-0.2, 0) is 0 Å². The quantitative estimate of drug-likeness (QED) is 0.434. The topological polar surface area (TPSA) is 44.3 Å². The van der Waals surface area contributed by atoms with E-state index in [1.54, 1.807) is 6.92 Å². The molecule has 0 atom stereocenters. The Hall–Kier alpha value is -0.120. The van der Waals surface area contributed by atoms with E-state index in [1.807, 2.05) is 0 Å². The molecule has 0 aromatic rings. The Morgan fingerprint density at radius 3 is 1.90 bits per heavy atom. The van der Waals surface area contributed by atoms with Gasteiger partial charge in [0.25, 0.3) is 0 Å². The largest absolute Gasteiger partial charge is 0.397 e. The number of aliphatic hydroxyl groups excluding tert-OH is 1. The average molecular weight is 146 g/mol. The molecule has 3 heteroatoms. The molecule has 10 heavy (non-hydrogen) atoms. The van der Waals surface area contributed by atoms with Gasteiger partial charge < -0.3 is 15.7 Å². The number of rotatable bonds is 0. The lowest BCUT2D eigenvalue weighted by Gasteiger charge is -1.92. The summed E-state index contributed by atoms with van der Waals surface area (Å²) < 4.78 is 0. The van der Waals surface area contributed by atoms with Gasteiger partial charge in [-0.3, -0.25) is 0 Å². The Bertz CT molecular complexity index is 39.9. The lowest BCUT2D eigenvalue weighted by molar-refractivity contribution is 0.318. The highest BCUT2D eigenvalue weighted by atomic mass is 16.2. The standard InChI is InChI=1S/C5H12N2.C2H6O/c1-2-6-4-5-7-3-1;1-2-3/h6-7H,1-5H2;3H,2H2,1H3. The molecule has 1 saturated heterocycles. The third-order valence-corrected chi connectivity index (χ3v) is 1.19. The van der Waals surface area contributed by atoms with E-state index in [1.165, 1.54) is 19.5 Å². The van der Waals surface area contributed by atoms with E-state index in [2.05, 4.69) is 10.6 Å². The minimum Gasteiger partial charge on any atom is -0.397 e. The molecule has 3 nitrogen and oxygen atoms in total. The summed E-state index contributed by atoms with van der Waals surface area (Å²) in [5, 5.41) is 14.1. The van der Waals surface area contributed by atoms with Crippen LogP contribution in [0.25, 0.3) is 0 Å². The molecule has 0 amide bonds. The second-order valence-electron chi connectivity index (χ2n) is 2.17. The zero-order valence-corrected chi connectivity index (χ0v) is 6.69. The molecule has 1 aliphatic rings. The molecule has 0 spiro atoms. The zero-order valence-electron chi connectivity index (χ0n) is 6.69. The fourth-order valence-electron chi connectivity index (χ4n) is 0.765. The zero-order chi connectivity index (χ0) is 7.66. The van der Waals surface area contributed by atoms with Gasteiger partial charge in [0.15, 0.2) is 0 Å². The maximum Gasteiger partial charge on any atom is 0.0402 e. The first-order valence-corrected chi connectivity index (χ1v) is 3.94. The molecule has 62 valence electrons. The fraction of sp³-hybridized carbons (Fsp3) is 1.00. The van der Waals surface area contributed by atoms with Crippen LogP contribution < -0.4 is 10.6 Å². The van der Waals surface area contributed by atoms with Gasteiger partial charge in [0.1, 0.15) is 0 Å². The van der Waals surface area contributed by atoms with Gasteiger partial charge in [-0.05, 0) is 26.4 Å². The molecule has 3 N–H and O–H groups in total. The Labute approximate surface area is 62.8 Å². The summed E-state index contributed by atoms with van der Waals surface area (Å²) in [6, 6.07) is 0. The lowest BCUT2D eigenvalue weighted by Crippen LogP contribution is -2.21. The van der Waals surface area contributed by atoms with Crippen molar-refractivity contribution in [1.82, 2.24) is 10.6 Å². The minimum absolute atomic E-state index is 0.250. The van der Waals surface area contributed by atoms with E-state index >= 15 is 0 Å².